The lowest BCUT2D eigenvalue weighted by molar-refractivity contribution is 0.207. The summed E-state index contributed by atoms with van der Waals surface area (Å²) in [5.74, 6) is 0.649. The molecule has 0 bridgehead atoms. The summed E-state index contributed by atoms with van der Waals surface area (Å²) in [5.41, 5.74) is 0. The van der Waals surface area contributed by atoms with Gasteiger partial charge in [0.2, 0.25) is 0 Å². The van der Waals surface area contributed by atoms with Crippen molar-refractivity contribution < 1.29 is 5.11 Å². The van der Waals surface area contributed by atoms with E-state index in [1.807, 2.05) is 6.08 Å². The second-order valence-electron chi connectivity index (χ2n) is 4.20. The molecule has 2 nitrogen and oxygen atoms in total. The molecule has 0 aromatic carbocycles. The highest BCUT2D eigenvalue weighted by atomic mass is 16.3. The van der Waals surface area contributed by atoms with Crippen LogP contribution in [0.15, 0.2) is 12.2 Å². The Morgan fingerprint density at radius 2 is 2.36 bits per heavy atom. The van der Waals surface area contributed by atoms with E-state index < -0.39 is 0 Å². The number of nitrogens with one attached hydrogen (secondary N) is 1. The van der Waals surface area contributed by atoms with Crippen molar-refractivity contribution >= 4 is 0 Å². The fourth-order valence-corrected chi connectivity index (χ4v) is 1.83. The zero-order valence-electron chi connectivity index (χ0n) is 9.21. The van der Waals surface area contributed by atoms with Crippen molar-refractivity contribution in [3.05, 3.63) is 12.2 Å². The number of unbranched alkanes of at least 4 members (excludes halogenated alkanes) is 2. The van der Waals surface area contributed by atoms with E-state index in [0.29, 0.717) is 5.92 Å². The maximum absolute atomic E-state index is 9.63. The highest BCUT2D eigenvalue weighted by Crippen LogP contribution is 2.11. The average Bonchev–Trinajstić information content (AvgIpc) is 2.68. The van der Waals surface area contributed by atoms with Crippen molar-refractivity contribution in [1.29, 1.82) is 0 Å². The molecular weight excluding hydrogens is 174 g/mol. The first-order chi connectivity index (χ1) is 6.83. The third-order valence-corrected chi connectivity index (χ3v) is 2.81. The molecule has 82 valence electrons. The first-order valence-electron chi connectivity index (χ1n) is 5.90. The van der Waals surface area contributed by atoms with Gasteiger partial charge in [-0.25, -0.2) is 0 Å². The number of aliphatic hydroxyl groups excluding tert-OH is 1. The highest BCUT2D eigenvalue weighted by Gasteiger charge is 2.10. The lowest BCUT2D eigenvalue weighted by Gasteiger charge is -2.06. The molecule has 0 aromatic rings. The van der Waals surface area contributed by atoms with Crippen LogP contribution in [0.3, 0.4) is 0 Å². The molecule has 14 heavy (non-hydrogen) atoms. The van der Waals surface area contributed by atoms with Crippen LogP contribution in [0.2, 0.25) is 0 Å². The molecule has 1 saturated heterocycles. The van der Waals surface area contributed by atoms with Crippen LogP contribution >= 0.6 is 0 Å². The average molecular weight is 197 g/mol. The summed E-state index contributed by atoms with van der Waals surface area (Å²) in [6.07, 6.45) is 9.68. The standard InChI is InChI=1S/C12H23NO/c1-2-3-4-5-12(14)7-6-11-8-9-13-10-11/h6-7,11-14H,2-5,8-10H2,1H3. The summed E-state index contributed by atoms with van der Waals surface area (Å²) in [6, 6.07) is 0. The van der Waals surface area contributed by atoms with Gasteiger partial charge in [-0.1, -0.05) is 38.3 Å². The molecule has 0 spiro atoms. The van der Waals surface area contributed by atoms with Gasteiger partial charge < -0.3 is 10.4 Å². The van der Waals surface area contributed by atoms with Crippen LogP contribution < -0.4 is 5.32 Å². The van der Waals surface area contributed by atoms with Crippen LogP contribution in [0.4, 0.5) is 0 Å². The van der Waals surface area contributed by atoms with Crippen LogP contribution in [0.25, 0.3) is 0 Å². The summed E-state index contributed by atoms with van der Waals surface area (Å²) in [6.45, 7) is 4.39. The van der Waals surface area contributed by atoms with E-state index >= 15 is 0 Å². The topological polar surface area (TPSA) is 32.3 Å². The fraction of sp³-hybridized carbons (Fsp3) is 0.833. The second kappa shape index (κ2) is 7.02. The Morgan fingerprint density at radius 3 is 3.00 bits per heavy atom. The normalized spacial score (nSPS) is 24.6. The number of hydrogen-bond acceptors (Lipinski definition) is 2. The van der Waals surface area contributed by atoms with Crippen LogP contribution in [-0.4, -0.2) is 24.3 Å². The minimum atomic E-state index is -0.220. The highest BCUT2D eigenvalue weighted by molar-refractivity contribution is 4.96. The van der Waals surface area contributed by atoms with E-state index in [-0.39, 0.29) is 6.10 Å². The van der Waals surface area contributed by atoms with Gasteiger partial charge in [0.05, 0.1) is 6.10 Å². The first-order valence-corrected chi connectivity index (χ1v) is 5.90. The van der Waals surface area contributed by atoms with Crippen molar-refractivity contribution in [1.82, 2.24) is 5.32 Å². The van der Waals surface area contributed by atoms with Crippen molar-refractivity contribution in [3.63, 3.8) is 0 Å². The summed E-state index contributed by atoms with van der Waals surface area (Å²) in [5, 5.41) is 12.9. The maximum Gasteiger partial charge on any atom is 0.0721 e. The van der Waals surface area contributed by atoms with E-state index in [1.165, 1.54) is 19.3 Å². The minimum Gasteiger partial charge on any atom is -0.389 e. The zero-order chi connectivity index (χ0) is 10.2. The van der Waals surface area contributed by atoms with Gasteiger partial charge >= 0.3 is 0 Å². The molecule has 0 amide bonds. The monoisotopic (exact) mass is 197 g/mol. The minimum absolute atomic E-state index is 0.220. The predicted octanol–water partition coefficient (Wildman–Crippen LogP) is 2.09. The van der Waals surface area contributed by atoms with Gasteiger partial charge in [0.15, 0.2) is 0 Å². The second-order valence-corrected chi connectivity index (χ2v) is 4.20. The van der Waals surface area contributed by atoms with Gasteiger partial charge in [0, 0.05) is 6.54 Å². The summed E-state index contributed by atoms with van der Waals surface area (Å²) < 4.78 is 0. The molecule has 1 fully saturated rings. The first kappa shape index (κ1) is 11.7. The summed E-state index contributed by atoms with van der Waals surface area (Å²) in [7, 11) is 0. The van der Waals surface area contributed by atoms with Crippen LogP contribution in [-0.2, 0) is 0 Å². The molecule has 2 atom stereocenters. The van der Waals surface area contributed by atoms with Crippen molar-refractivity contribution in [2.24, 2.45) is 5.92 Å². The Balaban J connectivity index is 2.08. The molecule has 1 heterocycles. The SMILES string of the molecule is CCCCCC(O)C=CC1CCNC1. The maximum atomic E-state index is 9.63. The molecule has 1 rings (SSSR count). The molecule has 0 aliphatic carbocycles. The molecule has 2 unspecified atom stereocenters. The molecule has 2 heteroatoms. The van der Waals surface area contributed by atoms with Crippen molar-refractivity contribution in [3.8, 4) is 0 Å². The quantitative estimate of drug-likeness (QED) is 0.505. The molecule has 2 N–H and O–H groups in total. The van der Waals surface area contributed by atoms with E-state index in [1.54, 1.807) is 0 Å². The van der Waals surface area contributed by atoms with Gasteiger partial charge in [0.25, 0.3) is 0 Å². The number of hydrogen-bond donors (Lipinski definition) is 2. The molecule has 0 radical (unpaired) electrons. The third-order valence-electron chi connectivity index (χ3n) is 2.81. The Bertz CT molecular complexity index is 162. The molecule has 1 aliphatic rings. The smallest absolute Gasteiger partial charge is 0.0721 e. The molecule has 0 aromatic heterocycles. The fourth-order valence-electron chi connectivity index (χ4n) is 1.83. The van der Waals surface area contributed by atoms with Gasteiger partial charge in [-0.15, -0.1) is 0 Å². The molecular formula is C12H23NO. The number of rotatable bonds is 6. The van der Waals surface area contributed by atoms with E-state index in [2.05, 4.69) is 18.3 Å². The molecule has 1 aliphatic heterocycles. The van der Waals surface area contributed by atoms with E-state index in [4.69, 9.17) is 0 Å². The van der Waals surface area contributed by atoms with Crippen molar-refractivity contribution in [2.45, 2.75) is 45.1 Å². The summed E-state index contributed by atoms with van der Waals surface area (Å²) >= 11 is 0. The summed E-state index contributed by atoms with van der Waals surface area (Å²) in [4.78, 5) is 0. The van der Waals surface area contributed by atoms with E-state index in [0.717, 1.165) is 25.9 Å². The zero-order valence-corrected chi connectivity index (χ0v) is 9.21. The van der Waals surface area contributed by atoms with E-state index in [9.17, 15) is 5.11 Å². The van der Waals surface area contributed by atoms with Crippen LogP contribution in [0.5, 0.6) is 0 Å². The Labute approximate surface area is 87.4 Å². The Kier molecular flexibility index (Phi) is 5.88. The predicted molar refractivity (Wildman–Crippen MR) is 60.3 cm³/mol. The number of aliphatic hydroxyl groups is 1. The van der Waals surface area contributed by atoms with Gasteiger partial charge in [-0.2, -0.15) is 0 Å². The lowest BCUT2D eigenvalue weighted by Crippen LogP contribution is -2.08. The lowest BCUT2D eigenvalue weighted by atomic mass is 10.1. The van der Waals surface area contributed by atoms with Crippen LogP contribution in [0, 0.1) is 5.92 Å². The third kappa shape index (κ3) is 4.77. The van der Waals surface area contributed by atoms with Gasteiger partial charge in [-0.3, -0.25) is 0 Å². The van der Waals surface area contributed by atoms with Gasteiger partial charge in [0.1, 0.15) is 0 Å². The molecule has 0 saturated carbocycles. The Morgan fingerprint density at radius 1 is 1.50 bits per heavy atom. The Hall–Kier alpha value is -0.340. The van der Waals surface area contributed by atoms with Crippen LogP contribution in [0.1, 0.15) is 39.0 Å². The van der Waals surface area contributed by atoms with Gasteiger partial charge in [-0.05, 0) is 25.3 Å². The largest absolute Gasteiger partial charge is 0.389 e. The van der Waals surface area contributed by atoms with Crippen molar-refractivity contribution in [2.75, 3.05) is 13.1 Å².